The first-order valence-electron chi connectivity index (χ1n) is 8.96. The zero-order valence-electron chi connectivity index (χ0n) is 16.3. The van der Waals surface area contributed by atoms with Crippen LogP contribution >= 0.6 is 0 Å². The first-order valence-corrected chi connectivity index (χ1v) is 8.96. The molecule has 0 aliphatic rings. The highest BCUT2D eigenvalue weighted by Gasteiger charge is 2.20. The third-order valence-corrected chi connectivity index (χ3v) is 4.48. The van der Waals surface area contributed by atoms with E-state index in [4.69, 9.17) is 0 Å². The molecular weight excluding hydrogens is 326 g/mol. The SMILES string of the molecule is Cc1ccc(CC(C)Nc2nc3c(cnn3C(C)(C)C)c(=O)[nH]2)c(C)c1. The van der Waals surface area contributed by atoms with Crippen LogP contribution in [-0.2, 0) is 12.0 Å². The Kier molecular flexibility index (Phi) is 4.61. The minimum atomic E-state index is -0.246. The van der Waals surface area contributed by atoms with Crippen LogP contribution in [0.5, 0.6) is 0 Å². The molecule has 0 fully saturated rings. The Morgan fingerprint density at radius 2 is 2.00 bits per heavy atom. The normalized spacial score (nSPS) is 13.2. The zero-order valence-corrected chi connectivity index (χ0v) is 16.3. The number of rotatable bonds is 4. The topological polar surface area (TPSA) is 75.6 Å². The number of benzene rings is 1. The van der Waals surface area contributed by atoms with Crippen LogP contribution < -0.4 is 10.9 Å². The first kappa shape index (κ1) is 18.2. The van der Waals surface area contributed by atoms with Crippen molar-refractivity contribution in [2.45, 2.75) is 59.5 Å². The van der Waals surface area contributed by atoms with Crippen LogP contribution in [-0.4, -0.2) is 25.8 Å². The van der Waals surface area contributed by atoms with E-state index in [0.717, 1.165) is 6.42 Å². The van der Waals surface area contributed by atoms with Gasteiger partial charge in [-0.3, -0.25) is 9.78 Å². The number of nitrogens with zero attached hydrogens (tertiary/aromatic N) is 3. The van der Waals surface area contributed by atoms with E-state index in [-0.39, 0.29) is 17.1 Å². The molecule has 6 nitrogen and oxygen atoms in total. The molecule has 3 aromatic rings. The van der Waals surface area contributed by atoms with Crippen LogP contribution in [0.3, 0.4) is 0 Å². The molecule has 1 aromatic carbocycles. The van der Waals surface area contributed by atoms with E-state index in [1.165, 1.54) is 16.7 Å². The molecule has 0 saturated heterocycles. The zero-order chi connectivity index (χ0) is 19.1. The van der Waals surface area contributed by atoms with Crippen LogP contribution in [0.4, 0.5) is 5.95 Å². The van der Waals surface area contributed by atoms with E-state index in [2.05, 4.69) is 59.4 Å². The van der Waals surface area contributed by atoms with Crippen molar-refractivity contribution in [1.82, 2.24) is 19.7 Å². The molecule has 0 radical (unpaired) electrons. The smallest absolute Gasteiger partial charge is 0.263 e. The van der Waals surface area contributed by atoms with E-state index in [1.807, 2.05) is 20.8 Å². The van der Waals surface area contributed by atoms with Crippen molar-refractivity contribution in [2.24, 2.45) is 0 Å². The van der Waals surface area contributed by atoms with Crippen molar-refractivity contribution in [2.75, 3.05) is 5.32 Å². The molecule has 0 spiro atoms. The van der Waals surface area contributed by atoms with Gasteiger partial charge in [0.15, 0.2) is 5.65 Å². The predicted octanol–water partition coefficient (Wildman–Crippen LogP) is 3.53. The largest absolute Gasteiger partial charge is 0.353 e. The number of fused-ring (bicyclic) bond motifs is 1. The second-order valence-electron chi connectivity index (χ2n) is 8.06. The lowest BCUT2D eigenvalue weighted by molar-refractivity contribution is 0.366. The Labute approximate surface area is 153 Å². The van der Waals surface area contributed by atoms with Crippen molar-refractivity contribution in [3.63, 3.8) is 0 Å². The predicted molar refractivity (Wildman–Crippen MR) is 106 cm³/mol. The molecule has 0 bridgehead atoms. The summed E-state index contributed by atoms with van der Waals surface area (Å²) in [5.41, 5.74) is 4.01. The molecule has 1 atom stereocenters. The summed E-state index contributed by atoms with van der Waals surface area (Å²) in [4.78, 5) is 19.8. The Balaban J connectivity index is 1.87. The second kappa shape index (κ2) is 6.59. The Morgan fingerprint density at radius 3 is 2.65 bits per heavy atom. The number of hydrogen-bond acceptors (Lipinski definition) is 4. The van der Waals surface area contributed by atoms with E-state index in [9.17, 15) is 4.79 Å². The summed E-state index contributed by atoms with van der Waals surface area (Å²) in [7, 11) is 0. The van der Waals surface area contributed by atoms with Gasteiger partial charge in [-0.1, -0.05) is 23.8 Å². The number of hydrogen-bond donors (Lipinski definition) is 2. The van der Waals surface area contributed by atoms with Gasteiger partial charge in [-0.2, -0.15) is 10.1 Å². The van der Waals surface area contributed by atoms with Crippen LogP contribution in [0.1, 0.15) is 44.4 Å². The summed E-state index contributed by atoms with van der Waals surface area (Å²) in [5, 5.41) is 8.17. The lowest BCUT2D eigenvalue weighted by Crippen LogP contribution is -2.26. The molecular formula is C20H27N5O. The number of nitrogens with one attached hydrogen (secondary N) is 2. The molecule has 1 unspecified atom stereocenters. The third-order valence-electron chi connectivity index (χ3n) is 4.48. The average molecular weight is 353 g/mol. The minimum absolute atomic E-state index is 0.128. The van der Waals surface area contributed by atoms with Crippen molar-refractivity contribution < 1.29 is 0 Å². The van der Waals surface area contributed by atoms with E-state index < -0.39 is 0 Å². The van der Waals surface area contributed by atoms with E-state index >= 15 is 0 Å². The van der Waals surface area contributed by atoms with Gasteiger partial charge in [0.2, 0.25) is 5.95 Å². The third kappa shape index (κ3) is 3.64. The monoisotopic (exact) mass is 353 g/mol. The number of H-pyrrole nitrogens is 1. The van der Waals surface area contributed by atoms with Gasteiger partial charge in [0, 0.05) is 6.04 Å². The Hall–Kier alpha value is -2.63. The van der Waals surface area contributed by atoms with Gasteiger partial charge in [-0.15, -0.1) is 0 Å². The summed E-state index contributed by atoms with van der Waals surface area (Å²) in [6.07, 6.45) is 2.43. The molecule has 2 heterocycles. The van der Waals surface area contributed by atoms with E-state index in [1.54, 1.807) is 10.9 Å². The lowest BCUT2D eigenvalue weighted by Gasteiger charge is -2.20. The lowest BCUT2D eigenvalue weighted by atomic mass is 10.00. The van der Waals surface area contributed by atoms with Crippen LogP contribution in [0, 0.1) is 13.8 Å². The van der Waals surface area contributed by atoms with Gasteiger partial charge < -0.3 is 5.32 Å². The Bertz CT molecular complexity index is 994. The quantitative estimate of drug-likeness (QED) is 0.752. The number of aromatic amines is 1. The average Bonchev–Trinajstić information content (AvgIpc) is 2.94. The molecule has 2 N–H and O–H groups in total. The molecule has 0 saturated carbocycles. The van der Waals surface area contributed by atoms with Gasteiger partial charge in [0.05, 0.1) is 11.7 Å². The van der Waals surface area contributed by atoms with E-state index in [0.29, 0.717) is 17.0 Å². The maximum atomic E-state index is 12.4. The van der Waals surface area contributed by atoms with Gasteiger partial charge >= 0.3 is 0 Å². The summed E-state index contributed by atoms with van der Waals surface area (Å²) in [6, 6.07) is 6.61. The fraction of sp³-hybridized carbons (Fsp3) is 0.450. The highest BCUT2D eigenvalue weighted by Crippen LogP contribution is 2.19. The summed E-state index contributed by atoms with van der Waals surface area (Å²) >= 11 is 0. The maximum absolute atomic E-state index is 12.4. The fourth-order valence-electron chi connectivity index (χ4n) is 3.17. The number of aryl methyl sites for hydroxylation is 2. The molecule has 2 aromatic heterocycles. The highest BCUT2D eigenvalue weighted by atomic mass is 16.1. The van der Waals surface area contributed by atoms with Gasteiger partial charge in [-0.25, -0.2) is 4.68 Å². The summed E-state index contributed by atoms with van der Waals surface area (Å²) in [5.74, 6) is 0.478. The van der Waals surface area contributed by atoms with Crippen LogP contribution in [0.2, 0.25) is 0 Å². The molecule has 6 heteroatoms. The van der Waals surface area contributed by atoms with Crippen LogP contribution in [0.25, 0.3) is 11.0 Å². The number of anilines is 1. The second-order valence-corrected chi connectivity index (χ2v) is 8.06. The van der Waals surface area contributed by atoms with Crippen molar-refractivity contribution in [3.8, 4) is 0 Å². The summed E-state index contributed by atoms with van der Waals surface area (Å²) in [6.45, 7) is 12.4. The molecule has 0 aliphatic heterocycles. The van der Waals surface area contributed by atoms with Crippen molar-refractivity contribution in [3.05, 3.63) is 51.4 Å². The standard InChI is InChI=1S/C20H27N5O/c1-12-7-8-15(13(2)9-12)10-14(3)22-19-23-17-16(18(26)24-19)11-21-25(17)20(4,5)6/h7-9,11,14H,10H2,1-6H3,(H2,22,23,24,26). The molecule has 0 amide bonds. The number of aromatic nitrogens is 4. The van der Waals surface area contributed by atoms with Gasteiger partial charge in [0.25, 0.3) is 5.56 Å². The van der Waals surface area contributed by atoms with Crippen molar-refractivity contribution >= 4 is 17.0 Å². The van der Waals surface area contributed by atoms with Crippen LogP contribution in [0.15, 0.2) is 29.2 Å². The molecule has 26 heavy (non-hydrogen) atoms. The maximum Gasteiger partial charge on any atom is 0.263 e. The molecule has 3 rings (SSSR count). The van der Waals surface area contributed by atoms with Gasteiger partial charge in [-0.05, 0) is 59.1 Å². The summed E-state index contributed by atoms with van der Waals surface area (Å²) < 4.78 is 1.79. The highest BCUT2D eigenvalue weighted by molar-refractivity contribution is 5.74. The minimum Gasteiger partial charge on any atom is -0.353 e. The molecule has 0 aliphatic carbocycles. The van der Waals surface area contributed by atoms with Gasteiger partial charge in [0.1, 0.15) is 5.39 Å². The first-order chi connectivity index (χ1) is 12.1. The van der Waals surface area contributed by atoms with Crippen molar-refractivity contribution in [1.29, 1.82) is 0 Å². The fourth-order valence-corrected chi connectivity index (χ4v) is 3.17. The Morgan fingerprint density at radius 1 is 1.27 bits per heavy atom. The molecule has 138 valence electrons.